The predicted molar refractivity (Wildman–Crippen MR) is 33.2 cm³/mol. The van der Waals surface area contributed by atoms with Crippen LogP contribution in [0, 0.1) is 0 Å². The molecule has 0 amide bonds. The normalized spacial score (nSPS) is 7.38. The topological polar surface area (TPSA) is 37.3 Å². The van der Waals surface area contributed by atoms with Gasteiger partial charge in [0.2, 0.25) is 0 Å². The van der Waals surface area contributed by atoms with Gasteiger partial charge in [-0.1, -0.05) is 26.7 Å². The third kappa shape index (κ3) is 70.0. The average molecular weight is 190 g/mol. The van der Waals surface area contributed by atoms with Gasteiger partial charge in [0.05, 0.1) is 0 Å². The fourth-order valence-electron chi connectivity index (χ4n) is 0. The zero-order valence-electron chi connectivity index (χ0n) is 5.55. The van der Waals surface area contributed by atoms with Gasteiger partial charge in [-0.3, -0.25) is 4.57 Å². The van der Waals surface area contributed by atoms with Gasteiger partial charge in [-0.15, -0.1) is 0 Å². The summed E-state index contributed by atoms with van der Waals surface area (Å²) in [7, 11) is -1.50. The van der Waals surface area contributed by atoms with E-state index in [1.807, 2.05) is 0 Å². The van der Waals surface area contributed by atoms with Gasteiger partial charge in [-0.2, -0.15) is 0 Å². The molecule has 2 nitrogen and oxygen atoms in total. The maximum absolute atomic E-state index is 8.57. The van der Waals surface area contributed by atoms with Crippen LogP contribution in [0.5, 0.6) is 0 Å². The molecule has 8 heavy (non-hydrogen) atoms. The van der Waals surface area contributed by atoms with Gasteiger partial charge in [0.25, 0.3) is 0 Å². The second kappa shape index (κ2) is 24.9. The molecule has 0 saturated heterocycles. The van der Waals surface area contributed by atoms with Crippen molar-refractivity contribution in [3.8, 4) is 0 Å². The molecule has 0 aromatic rings. The number of hydrogen-bond acceptors (Lipinski definition) is 1. The third-order valence-electron chi connectivity index (χ3n) is 0.500. The summed E-state index contributed by atoms with van der Waals surface area (Å²) >= 11 is 0. The smallest absolute Gasteiger partial charge is 0.177 e. The number of rotatable bonds is 1. The van der Waals surface area contributed by atoms with Crippen LogP contribution in [-0.4, -0.2) is 4.89 Å². The maximum atomic E-state index is 8.57. The first-order chi connectivity index (χ1) is 3.33. The first-order valence-electron chi connectivity index (χ1n) is 2.41. The fraction of sp³-hybridized carbons (Fsp3) is 1.00. The monoisotopic (exact) mass is 188 g/mol. The van der Waals surface area contributed by atoms with E-state index >= 15 is 0 Å². The summed E-state index contributed by atoms with van der Waals surface area (Å²) in [5, 5.41) is 0. The van der Waals surface area contributed by atoms with E-state index in [0.717, 1.165) is 0 Å². The quantitative estimate of drug-likeness (QED) is 0.501. The van der Waals surface area contributed by atoms with Gasteiger partial charge in [0.1, 0.15) is 0 Å². The summed E-state index contributed by atoms with van der Waals surface area (Å²) in [6.45, 7) is 4.36. The molecule has 0 heterocycles. The van der Waals surface area contributed by atoms with Crippen LogP contribution in [0.4, 0.5) is 0 Å². The van der Waals surface area contributed by atoms with Crippen molar-refractivity contribution in [1.82, 2.24) is 0 Å². The van der Waals surface area contributed by atoms with Crippen molar-refractivity contribution in [3.63, 3.8) is 0 Å². The molecule has 1 atom stereocenters. The van der Waals surface area contributed by atoms with Crippen molar-refractivity contribution >= 4 is 8.69 Å². The van der Waals surface area contributed by atoms with Crippen molar-refractivity contribution in [2.24, 2.45) is 0 Å². The van der Waals surface area contributed by atoms with Gasteiger partial charge < -0.3 is 4.89 Å². The van der Waals surface area contributed by atoms with Crippen LogP contribution in [-0.2, 0) is 24.0 Å². The number of hydrogen-bond donors (Lipinski definition) is 1. The van der Waals surface area contributed by atoms with Crippen LogP contribution in [0.15, 0.2) is 0 Å². The van der Waals surface area contributed by atoms with E-state index in [4.69, 9.17) is 9.46 Å². The molecule has 0 aliphatic rings. The van der Waals surface area contributed by atoms with Gasteiger partial charge >= 0.3 is 0 Å². The van der Waals surface area contributed by atoms with Gasteiger partial charge in [0.15, 0.2) is 8.69 Å². The largest absolute Gasteiger partial charge is 0.348 e. The Balaban J connectivity index is -0.0000000575. The summed E-state index contributed by atoms with van der Waals surface area (Å²) < 4.78 is 8.57. The van der Waals surface area contributed by atoms with Gasteiger partial charge in [-0.05, 0) is 0 Å². The Morgan fingerprint density at radius 2 is 1.50 bits per heavy atom. The molecule has 48 valence electrons. The minimum absolute atomic E-state index is 0. The first kappa shape index (κ1) is 15.9. The van der Waals surface area contributed by atoms with E-state index in [1.54, 1.807) is 0 Å². The molecule has 0 aromatic carbocycles. The van der Waals surface area contributed by atoms with Crippen molar-refractivity contribution in [2.45, 2.75) is 26.7 Å². The van der Waals surface area contributed by atoms with E-state index in [9.17, 15) is 0 Å². The minimum Gasteiger partial charge on any atom is -0.348 e. The van der Waals surface area contributed by atoms with Crippen LogP contribution < -0.4 is 0 Å². The third-order valence-corrected chi connectivity index (χ3v) is 0.500. The Labute approximate surface area is 64.7 Å². The Kier molecular flexibility index (Phi) is 49.6. The van der Waals surface area contributed by atoms with Crippen molar-refractivity contribution in [1.29, 1.82) is 0 Å². The SMILES string of the molecule is CCCC.O=[PH2]O.[Zn]. The summed E-state index contributed by atoms with van der Waals surface area (Å²) in [6, 6.07) is 0. The molecule has 0 radical (unpaired) electrons. The van der Waals surface area contributed by atoms with Gasteiger partial charge in [0, 0.05) is 19.5 Å². The molecular formula is C4H13O2PZn. The van der Waals surface area contributed by atoms with E-state index in [2.05, 4.69) is 13.8 Å². The van der Waals surface area contributed by atoms with Crippen LogP contribution in [0.25, 0.3) is 0 Å². The van der Waals surface area contributed by atoms with Crippen LogP contribution in [0.3, 0.4) is 0 Å². The summed E-state index contributed by atoms with van der Waals surface area (Å²) in [4.78, 5) is 7.10. The maximum Gasteiger partial charge on any atom is 0.177 e. The Bertz CT molecular complexity index is 33.2. The molecular weight excluding hydrogens is 176 g/mol. The summed E-state index contributed by atoms with van der Waals surface area (Å²) in [5.74, 6) is 0. The Morgan fingerprint density at radius 3 is 1.50 bits per heavy atom. The molecule has 0 aliphatic carbocycles. The molecule has 4 heteroatoms. The Morgan fingerprint density at radius 1 is 1.38 bits per heavy atom. The minimum atomic E-state index is -1.50. The molecule has 1 N–H and O–H groups in total. The van der Waals surface area contributed by atoms with Crippen LogP contribution in [0.1, 0.15) is 26.7 Å². The molecule has 0 saturated carbocycles. The zero-order valence-corrected chi connectivity index (χ0v) is 9.68. The zero-order chi connectivity index (χ0) is 6.12. The molecule has 0 bridgehead atoms. The van der Waals surface area contributed by atoms with E-state index in [0.29, 0.717) is 0 Å². The van der Waals surface area contributed by atoms with Crippen LogP contribution >= 0.6 is 8.69 Å². The van der Waals surface area contributed by atoms with Crippen molar-refractivity contribution < 1.29 is 28.9 Å². The predicted octanol–water partition coefficient (Wildman–Crippen LogP) is 1.45. The molecule has 0 rings (SSSR count). The molecule has 0 spiro atoms. The van der Waals surface area contributed by atoms with Crippen molar-refractivity contribution in [3.05, 3.63) is 0 Å². The van der Waals surface area contributed by atoms with E-state index < -0.39 is 8.69 Å². The van der Waals surface area contributed by atoms with Gasteiger partial charge in [-0.25, -0.2) is 0 Å². The molecule has 0 aliphatic heterocycles. The standard InChI is InChI=1S/C4H10.H3O2P.Zn/c1-3-4-2;1-3-2;/h3-4H2,1-2H3;3H2,(H,1,2);. The number of unbranched alkanes of at least 4 members (excludes halogenated alkanes) is 1. The first-order valence-corrected chi connectivity index (χ1v) is 3.40. The Hall–Kier alpha value is 0.813. The van der Waals surface area contributed by atoms with E-state index in [-0.39, 0.29) is 19.5 Å². The van der Waals surface area contributed by atoms with Crippen molar-refractivity contribution in [2.75, 3.05) is 0 Å². The summed E-state index contributed by atoms with van der Waals surface area (Å²) in [5.41, 5.74) is 0. The van der Waals surface area contributed by atoms with E-state index in [1.165, 1.54) is 12.8 Å². The summed E-state index contributed by atoms with van der Waals surface area (Å²) in [6.07, 6.45) is 2.64. The molecule has 0 fully saturated rings. The molecule has 0 aromatic heterocycles. The van der Waals surface area contributed by atoms with Crippen LogP contribution in [0.2, 0.25) is 0 Å². The second-order valence-corrected chi connectivity index (χ2v) is 1.32. The average Bonchev–Trinajstić information content (AvgIpc) is 1.69. The fourth-order valence-corrected chi connectivity index (χ4v) is 0. The second-order valence-electron chi connectivity index (χ2n) is 1.11. The molecule has 1 unspecified atom stereocenters.